The highest BCUT2D eigenvalue weighted by Gasteiger charge is 2.38. The minimum absolute atomic E-state index is 0.0157. The van der Waals surface area contributed by atoms with E-state index in [1.165, 1.54) is 0 Å². The van der Waals surface area contributed by atoms with Gasteiger partial charge in [0.15, 0.2) is 0 Å². The lowest BCUT2D eigenvalue weighted by Gasteiger charge is -2.37. The number of nitrogens with one attached hydrogen (secondary N) is 1. The van der Waals surface area contributed by atoms with E-state index in [9.17, 15) is 19.8 Å². The number of carbonyl (C=O) groups is 2. The monoisotopic (exact) mass is 272 g/mol. The van der Waals surface area contributed by atoms with E-state index >= 15 is 0 Å². The third-order valence-electron chi connectivity index (χ3n) is 4.11. The molecule has 1 aliphatic rings. The number of likely N-dealkylation sites (tertiary alicyclic amines) is 1. The maximum absolute atomic E-state index is 12.2. The lowest BCUT2D eigenvalue weighted by atomic mass is 9.93. The summed E-state index contributed by atoms with van der Waals surface area (Å²) in [5.41, 5.74) is -1.20. The van der Waals surface area contributed by atoms with E-state index in [-0.39, 0.29) is 18.1 Å². The maximum atomic E-state index is 12.2. The van der Waals surface area contributed by atoms with E-state index in [1.807, 2.05) is 6.92 Å². The van der Waals surface area contributed by atoms with Crippen molar-refractivity contribution >= 4 is 12.0 Å². The first-order chi connectivity index (χ1) is 8.86. The van der Waals surface area contributed by atoms with Crippen LogP contribution in [-0.4, -0.2) is 51.8 Å². The molecule has 6 nitrogen and oxygen atoms in total. The second-order valence-corrected chi connectivity index (χ2v) is 5.30. The summed E-state index contributed by atoms with van der Waals surface area (Å²) in [5, 5.41) is 21.6. The van der Waals surface area contributed by atoms with Gasteiger partial charge in [-0.1, -0.05) is 20.8 Å². The number of aliphatic hydroxyl groups is 1. The van der Waals surface area contributed by atoms with Crippen molar-refractivity contribution < 1.29 is 19.8 Å². The van der Waals surface area contributed by atoms with Gasteiger partial charge in [-0.25, -0.2) is 9.59 Å². The van der Waals surface area contributed by atoms with E-state index in [0.29, 0.717) is 32.4 Å². The third kappa shape index (κ3) is 3.37. The van der Waals surface area contributed by atoms with Crippen molar-refractivity contribution in [2.75, 3.05) is 13.1 Å². The molecular formula is C13H24N2O4. The molecule has 0 saturated carbocycles. The van der Waals surface area contributed by atoms with E-state index in [0.717, 1.165) is 0 Å². The Morgan fingerprint density at radius 2 is 1.95 bits per heavy atom. The van der Waals surface area contributed by atoms with E-state index in [4.69, 9.17) is 0 Å². The minimum atomic E-state index is -1.20. The van der Waals surface area contributed by atoms with Crippen LogP contribution in [0, 0.1) is 5.92 Å². The molecule has 19 heavy (non-hydrogen) atoms. The molecular weight excluding hydrogens is 248 g/mol. The van der Waals surface area contributed by atoms with Crippen molar-refractivity contribution in [1.82, 2.24) is 10.2 Å². The number of carboxylic acids is 1. The van der Waals surface area contributed by atoms with Gasteiger partial charge in [0.2, 0.25) is 0 Å². The van der Waals surface area contributed by atoms with Crippen LogP contribution >= 0.6 is 0 Å². The van der Waals surface area contributed by atoms with Crippen LogP contribution in [0.4, 0.5) is 4.79 Å². The van der Waals surface area contributed by atoms with Gasteiger partial charge in [0.05, 0.1) is 6.10 Å². The van der Waals surface area contributed by atoms with Crippen LogP contribution in [0.1, 0.15) is 40.0 Å². The topological polar surface area (TPSA) is 89.9 Å². The molecule has 110 valence electrons. The molecule has 0 bridgehead atoms. The van der Waals surface area contributed by atoms with Crippen molar-refractivity contribution in [2.45, 2.75) is 51.7 Å². The highest BCUT2D eigenvalue weighted by molar-refractivity contribution is 5.86. The number of amides is 2. The average molecular weight is 272 g/mol. The van der Waals surface area contributed by atoms with E-state index < -0.39 is 11.5 Å². The smallest absolute Gasteiger partial charge is 0.329 e. The molecule has 0 aromatic carbocycles. The first kappa shape index (κ1) is 15.8. The second kappa shape index (κ2) is 6.23. The summed E-state index contributed by atoms with van der Waals surface area (Å²) >= 11 is 0. The zero-order valence-electron chi connectivity index (χ0n) is 11.8. The lowest BCUT2D eigenvalue weighted by molar-refractivity contribution is -0.144. The molecule has 3 N–H and O–H groups in total. The Labute approximate surface area is 113 Å². The maximum Gasteiger partial charge on any atom is 0.329 e. The standard InChI is InChI=1S/C13H24N2O4/c1-4-13(5-2,11(17)18)14-12(19)15-7-6-10(16)9(3)8-15/h9-10,16H,4-8H2,1-3H3,(H,14,19)(H,17,18). The Bertz CT molecular complexity index is 342. The van der Waals surface area contributed by atoms with Gasteiger partial charge in [-0.2, -0.15) is 0 Å². The molecule has 2 atom stereocenters. The average Bonchev–Trinajstić information content (AvgIpc) is 2.38. The summed E-state index contributed by atoms with van der Waals surface area (Å²) in [6.07, 6.45) is 0.839. The molecule has 0 radical (unpaired) electrons. The molecule has 1 aliphatic heterocycles. The summed E-state index contributed by atoms with van der Waals surface area (Å²) in [4.78, 5) is 25.1. The summed E-state index contributed by atoms with van der Waals surface area (Å²) < 4.78 is 0. The number of aliphatic carboxylic acids is 1. The van der Waals surface area contributed by atoms with Gasteiger partial charge in [0, 0.05) is 13.1 Å². The number of carbonyl (C=O) groups excluding carboxylic acids is 1. The molecule has 1 fully saturated rings. The number of nitrogens with zero attached hydrogens (tertiary/aromatic N) is 1. The number of urea groups is 1. The number of carboxylic acid groups (broad SMARTS) is 1. The van der Waals surface area contributed by atoms with Crippen LogP contribution in [-0.2, 0) is 4.79 Å². The molecule has 6 heteroatoms. The van der Waals surface area contributed by atoms with Gasteiger partial charge in [-0.15, -0.1) is 0 Å². The van der Waals surface area contributed by atoms with Crippen molar-refractivity contribution in [1.29, 1.82) is 0 Å². The van der Waals surface area contributed by atoms with Crippen molar-refractivity contribution in [3.05, 3.63) is 0 Å². The molecule has 1 heterocycles. The summed E-state index contributed by atoms with van der Waals surface area (Å²) in [7, 11) is 0. The molecule has 0 aromatic heterocycles. The van der Waals surface area contributed by atoms with Crippen LogP contribution in [0.25, 0.3) is 0 Å². The van der Waals surface area contributed by atoms with Crippen molar-refractivity contribution in [3.63, 3.8) is 0 Å². The largest absolute Gasteiger partial charge is 0.480 e. The molecule has 1 saturated heterocycles. The normalized spacial score (nSPS) is 24.1. The molecule has 1 rings (SSSR count). The molecule has 0 aliphatic carbocycles. The van der Waals surface area contributed by atoms with Crippen LogP contribution < -0.4 is 5.32 Å². The number of rotatable bonds is 4. The van der Waals surface area contributed by atoms with Crippen LogP contribution in [0.2, 0.25) is 0 Å². The number of piperidine rings is 1. The van der Waals surface area contributed by atoms with Gasteiger partial charge in [0.25, 0.3) is 0 Å². The van der Waals surface area contributed by atoms with Crippen molar-refractivity contribution in [3.8, 4) is 0 Å². The van der Waals surface area contributed by atoms with Crippen molar-refractivity contribution in [2.24, 2.45) is 5.92 Å². The summed E-state index contributed by atoms with van der Waals surface area (Å²) in [6.45, 7) is 6.30. The van der Waals surface area contributed by atoms with Gasteiger partial charge in [-0.05, 0) is 25.2 Å². The van der Waals surface area contributed by atoms with Gasteiger partial charge in [-0.3, -0.25) is 0 Å². The van der Waals surface area contributed by atoms with Gasteiger partial charge in [0.1, 0.15) is 5.54 Å². The Morgan fingerprint density at radius 1 is 1.37 bits per heavy atom. The zero-order chi connectivity index (χ0) is 14.6. The molecule has 2 amide bonds. The summed E-state index contributed by atoms with van der Waals surface area (Å²) in [5.74, 6) is -0.988. The predicted octanol–water partition coefficient (Wildman–Crippen LogP) is 1.04. The fraction of sp³-hybridized carbons (Fsp3) is 0.846. The third-order valence-corrected chi connectivity index (χ3v) is 4.11. The number of hydrogen-bond donors (Lipinski definition) is 3. The van der Waals surface area contributed by atoms with E-state index in [2.05, 4.69) is 5.32 Å². The minimum Gasteiger partial charge on any atom is -0.480 e. The number of aliphatic hydroxyl groups excluding tert-OH is 1. The Morgan fingerprint density at radius 3 is 2.37 bits per heavy atom. The Kier molecular flexibility index (Phi) is 5.17. The zero-order valence-corrected chi connectivity index (χ0v) is 11.8. The first-order valence-electron chi connectivity index (χ1n) is 6.84. The lowest BCUT2D eigenvalue weighted by Crippen LogP contribution is -2.59. The SMILES string of the molecule is CCC(CC)(NC(=O)N1CCC(O)C(C)C1)C(=O)O. The molecule has 2 unspecified atom stereocenters. The highest BCUT2D eigenvalue weighted by Crippen LogP contribution is 2.19. The predicted molar refractivity (Wildman–Crippen MR) is 70.8 cm³/mol. The summed E-state index contributed by atoms with van der Waals surface area (Å²) in [6, 6.07) is -0.357. The van der Waals surface area contributed by atoms with Gasteiger partial charge < -0.3 is 20.4 Å². The first-order valence-corrected chi connectivity index (χ1v) is 6.84. The quantitative estimate of drug-likeness (QED) is 0.713. The second-order valence-electron chi connectivity index (χ2n) is 5.30. The fourth-order valence-corrected chi connectivity index (χ4v) is 2.38. The Balaban J connectivity index is 2.70. The van der Waals surface area contributed by atoms with Gasteiger partial charge >= 0.3 is 12.0 Å². The van der Waals surface area contributed by atoms with Crippen LogP contribution in [0.3, 0.4) is 0 Å². The van der Waals surface area contributed by atoms with Crippen LogP contribution in [0.15, 0.2) is 0 Å². The highest BCUT2D eigenvalue weighted by atomic mass is 16.4. The molecule has 0 spiro atoms. The van der Waals surface area contributed by atoms with Crippen LogP contribution in [0.5, 0.6) is 0 Å². The van der Waals surface area contributed by atoms with E-state index in [1.54, 1.807) is 18.7 Å². The Hall–Kier alpha value is -1.30. The fourth-order valence-electron chi connectivity index (χ4n) is 2.38. The number of hydrogen-bond acceptors (Lipinski definition) is 3. The molecule has 0 aromatic rings.